The third kappa shape index (κ3) is 7.53. The fourth-order valence-electron chi connectivity index (χ4n) is 0.463. The van der Waals surface area contributed by atoms with E-state index in [9.17, 15) is 13.6 Å². The Kier molecular flexibility index (Phi) is 6.75. The Bertz CT molecular complexity index is 159. The van der Waals surface area contributed by atoms with Gasteiger partial charge >= 0.3 is 5.97 Å². The molecule has 0 amide bonds. The van der Waals surface area contributed by atoms with Crippen LogP contribution in [0.1, 0.15) is 6.92 Å². The van der Waals surface area contributed by atoms with Gasteiger partial charge in [0, 0.05) is 11.8 Å². The number of carbonyl (C=O) groups is 1. The Morgan fingerprint density at radius 2 is 2.33 bits per heavy atom. The number of hydrogen-bond donors (Lipinski definition) is 0. The molecule has 0 saturated heterocycles. The first-order chi connectivity index (χ1) is 5.66. The van der Waals surface area contributed by atoms with Crippen LogP contribution in [0, 0.1) is 0 Å². The fourth-order valence-corrected chi connectivity index (χ4v) is 0.816. The maximum absolute atomic E-state index is 11.5. The van der Waals surface area contributed by atoms with Gasteiger partial charge in [0.1, 0.15) is 0 Å². The van der Waals surface area contributed by atoms with Crippen molar-refractivity contribution >= 4 is 17.7 Å². The highest BCUT2D eigenvalue weighted by molar-refractivity contribution is 7.99. The number of thioether (sulfide) groups is 1. The molecule has 0 aliphatic heterocycles. The van der Waals surface area contributed by atoms with E-state index in [0.29, 0.717) is 18.4 Å². The van der Waals surface area contributed by atoms with Crippen LogP contribution >= 0.6 is 11.8 Å². The molecule has 0 aliphatic rings. The van der Waals surface area contributed by atoms with Crippen LogP contribution in [0.3, 0.4) is 0 Å². The highest BCUT2D eigenvalue weighted by atomic mass is 32.2. The van der Waals surface area contributed by atoms with Crippen molar-refractivity contribution in [1.29, 1.82) is 0 Å². The Balaban J connectivity index is 3.41. The van der Waals surface area contributed by atoms with Gasteiger partial charge in [0.05, 0.1) is 6.61 Å². The van der Waals surface area contributed by atoms with Crippen LogP contribution in [0.5, 0.6) is 0 Å². The lowest BCUT2D eigenvalue weighted by atomic mass is 10.5. The molecule has 0 aliphatic carbocycles. The number of ether oxygens (including phenoxy) is 1. The summed E-state index contributed by atoms with van der Waals surface area (Å²) in [4.78, 5) is 10.6. The lowest BCUT2D eigenvalue weighted by Gasteiger charge is -1.94. The van der Waals surface area contributed by atoms with Crippen LogP contribution in [-0.2, 0) is 9.53 Å². The van der Waals surface area contributed by atoms with Gasteiger partial charge in [-0.05, 0) is 6.92 Å². The van der Waals surface area contributed by atoms with E-state index in [2.05, 4.69) is 4.74 Å². The van der Waals surface area contributed by atoms with Gasteiger partial charge in [0.2, 0.25) is 0 Å². The molecule has 0 rings (SSSR count). The van der Waals surface area contributed by atoms with Gasteiger partial charge in [-0.25, -0.2) is 4.79 Å². The Hall–Kier alpha value is -0.580. The molecule has 0 N–H and O–H groups in total. The van der Waals surface area contributed by atoms with E-state index < -0.39 is 11.7 Å². The van der Waals surface area contributed by atoms with E-state index in [1.807, 2.05) is 0 Å². The van der Waals surface area contributed by atoms with Crippen LogP contribution in [0.4, 0.5) is 8.78 Å². The molecule has 0 bridgehead atoms. The maximum atomic E-state index is 11.5. The molecule has 0 aromatic heterocycles. The zero-order valence-electron chi connectivity index (χ0n) is 6.63. The second-order valence-corrected chi connectivity index (χ2v) is 2.77. The Morgan fingerprint density at radius 1 is 1.67 bits per heavy atom. The fraction of sp³-hybridized carbons (Fsp3) is 0.571. The minimum absolute atomic E-state index is 0.122. The summed E-state index contributed by atoms with van der Waals surface area (Å²) in [6.07, 6.45) is 2.51. The summed E-state index contributed by atoms with van der Waals surface area (Å²) >= 11 is 0.463. The van der Waals surface area contributed by atoms with E-state index in [-0.39, 0.29) is 5.75 Å². The summed E-state index contributed by atoms with van der Waals surface area (Å²) in [6.45, 7) is 1.98. The number of rotatable bonds is 5. The Morgan fingerprint density at radius 3 is 2.83 bits per heavy atom. The second-order valence-electron chi connectivity index (χ2n) is 1.75. The molecule has 0 radical (unpaired) electrons. The lowest BCUT2D eigenvalue weighted by molar-refractivity contribution is -0.137. The number of carbonyl (C=O) groups excluding carboxylic acids is 1. The van der Waals surface area contributed by atoms with Gasteiger partial charge in [0.25, 0.3) is 5.76 Å². The average Bonchev–Trinajstić information content (AvgIpc) is 1.98. The van der Waals surface area contributed by atoms with Crippen molar-refractivity contribution in [1.82, 2.24) is 0 Å². The van der Waals surface area contributed by atoms with E-state index >= 15 is 0 Å². The highest BCUT2D eigenvalue weighted by Crippen LogP contribution is 2.12. The Labute approximate surface area is 74.0 Å². The third-order valence-electron chi connectivity index (χ3n) is 0.859. The van der Waals surface area contributed by atoms with E-state index in [4.69, 9.17) is 0 Å². The van der Waals surface area contributed by atoms with Crippen molar-refractivity contribution < 1.29 is 18.3 Å². The van der Waals surface area contributed by atoms with Crippen LogP contribution < -0.4 is 0 Å². The largest absolute Gasteiger partial charge is 0.463 e. The number of alkyl halides is 2. The second kappa shape index (κ2) is 7.09. The standard InChI is InChI=1S/C7H10F2O2S/c1-2-11-6(10)4-3-5-12-7(8)9/h3-4,7H,2,5H2,1H3/b4-3+. The van der Waals surface area contributed by atoms with Gasteiger partial charge in [-0.15, -0.1) is 0 Å². The predicted molar refractivity (Wildman–Crippen MR) is 44.2 cm³/mol. The van der Waals surface area contributed by atoms with Gasteiger partial charge in [-0.2, -0.15) is 8.78 Å². The first kappa shape index (κ1) is 11.4. The smallest absolute Gasteiger partial charge is 0.330 e. The van der Waals surface area contributed by atoms with Crippen molar-refractivity contribution in [3.05, 3.63) is 12.2 Å². The summed E-state index contributed by atoms with van der Waals surface area (Å²) < 4.78 is 27.6. The van der Waals surface area contributed by atoms with Crippen molar-refractivity contribution in [3.8, 4) is 0 Å². The minimum atomic E-state index is -2.39. The third-order valence-corrected chi connectivity index (χ3v) is 1.50. The van der Waals surface area contributed by atoms with Crippen LogP contribution in [0.2, 0.25) is 0 Å². The number of hydrogen-bond acceptors (Lipinski definition) is 3. The molecular formula is C7H10F2O2S. The average molecular weight is 196 g/mol. The monoisotopic (exact) mass is 196 g/mol. The maximum Gasteiger partial charge on any atom is 0.330 e. The molecule has 0 spiro atoms. The summed E-state index contributed by atoms with van der Waals surface area (Å²) in [6, 6.07) is 0. The predicted octanol–water partition coefficient (Wildman–Crippen LogP) is 2.06. The van der Waals surface area contributed by atoms with Gasteiger partial charge in [0.15, 0.2) is 0 Å². The molecule has 5 heteroatoms. The number of esters is 1. The molecule has 0 heterocycles. The first-order valence-corrected chi connectivity index (χ1v) is 4.44. The molecule has 0 saturated carbocycles. The number of halogens is 2. The molecule has 12 heavy (non-hydrogen) atoms. The summed E-state index contributed by atoms with van der Waals surface area (Å²) in [5, 5.41) is 0. The molecule has 0 aromatic rings. The van der Waals surface area contributed by atoms with Crippen LogP contribution in [0.15, 0.2) is 12.2 Å². The van der Waals surface area contributed by atoms with Crippen molar-refractivity contribution in [2.75, 3.05) is 12.4 Å². The normalized spacial score (nSPS) is 11.0. The van der Waals surface area contributed by atoms with Gasteiger partial charge in [-0.1, -0.05) is 17.8 Å². The summed E-state index contributed by atoms with van der Waals surface area (Å²) in [5.41, 5.74) is 0. The highest BCUT2D eigenvalue weighted by Gasteiger charge is 1.99. The minimum Gasteiger partial charge on any atom is -0.463 e. The van der Waals surface area contributed by atoms with Crippen molar-refractivity contribution in [3.63, 3.8) is 0 Å². The molecule has 0 fully saturated rings. The molecule has 0 unspecified atom stereocenters. The quantitative estimate of drug-likeness (QED) is 0.497. The summed E-state index contributed by atoms with van der Waals surface area (Å²) in [5.74, 6) is -2.76. The molecule has 2 nitrogen and oxygen atoms in total. The van der Waals surface area contributed by atoms with Crippen LogP contribution in [0.25, 0.3) is 0 Å². The first-order valence-electron chi connectivity index (χ1n) is 3.40. The molecule has 0 atom stereocenters. The van der Waals surface area contributed by atoms with Crippen molar-refractivity contribution in [2.45, 2.75) is 12.7 Å². The van der Waals surface area contributed by atoms with Gasteiger partial charge < -0.3 is 4.74 Å². The van der Waals surface area contributed by atoms with Crippen LogP contribution in [-0.4, -0.2) is 24.1 Å². The SMILES string of the molecule is CCOC(=O)/C=C/CSC(F)F. The van der Waals surface area contributed by atoms with Crippen molar-refractivity contribution in [2.24, 2.45) is 0 Å². The lowest BCUT2D eigenvalue weighted by Crippen LogP contribution is -1.99. The molecule has 0 aromatic carbocycles. The van der Waals surface area contributed by atoms with E-state index in [1.54, 1.807) is 6.92 Å². The summed E-state index contributed by atoms with van der Waals surface area (Å²) in [7, 11) is 0. The molecule has 70 valence electrons. The topological polar surface area (TPSA) is 26.3 Å². The zero-order valence-corrected chi connectivity index (χ0v) is 7.44. The van der Waals surface area contributed by atoms with E-state index in [0.717, 1.165) is 6.08 Å². The van der Waals surface area contributed by atoms with E-state index in [1.165, 1.54) is 6.08 Å². The zero-order chi connectivity index (χ0) is 9.40. The van der Waals surface area contributed by atoms with Gasteiger partial charge in [-0.3, -0.25) is 0 Å². The molecular weight excluding hydrogens is 186 g/mol.